The molecule has 3 aromatic rings. The molecule has 1 aliphatic rings. The molecule has 1 fully saturated rings. The molecule has 1 saturated carbocycles. The fourth-order valence-corrected chi connectivity index (χ4v) is 5.58. The molecule has 0 saturated heterocycles. The van der Waals surface area contributed by atoms with Crippen LogP contribution < -0.4 is 9.47 Å². The van der Waals surface area contributed by atoms with Gasteiger partial charge in [0.15, 0.2) is 11.5 Å². The van der Waals surface area contributed by atoms with Gasteiger partial charge in [-0.1, -0.05) is 55.2 Å². The summed E-state index contributed by atoms with van der Waals surface area (Å²) in [5, 5.41) is 11.0. The van der Waals surface area contributed by atoms with Crippen molar-refractivity contribution in [3.8, 4) is 40.0 Å². The number of pyridine rings is 1. The zero-order valence-electron chi connectivity index (χ0n) is 19.6. The fourth-order valence-electron chi connectivity index (χ4n) is 4.39. The summed E-state index contributed by atoms with van der Waals surface area (Å²) >= 11 is 1.73. The van der Waals surface area contributed by atoms with Crippen LogP contribution in [0.2, 0.25) is 0 Å². The van der Waals surface area contributed by atoms with Crippen molar-refractivity contribution in [1.82, 2.24) is 4.98 Å². The normalized spacial score (nSPS) is 14.0. The lowest BCUT2D eigenvalue weighted by molar-refractivity contribution is 0.355. The standard InChI is InChI=1S/C28H30N2O2S/c1-19-9-11-21(12-10-19)25-16-23(22-13-14-26(31-2)27(15-22)32-3)24(17-29)28(30-25)33-18-20-7-5-4-6-8-20/h9-16,20H,4-8,18H2,1-3H3. The summed E-state index contributed by atoms with van der Waals surface area (Å²) in [6.07, 6.45) is 6.51. The second-order valence-corrected chi connectivity index (χ2v) is 9.61. The highest BCUT2D eigenvalue weighted by atomic mass is 32.2. The second-order valence-electron chi connectivity index (χ2n) is 8.60. The maximum absolute atomic E-state index is 10.2. The number of rotatable bonds is 7. The van der Waals surface area contributed by atoms with E-state index < -0.39 is 0 Å². The summed E-state index contributed by atoms with van der Waals surface area (Å²) in [7, 11) is 3.25. The highest BCUT2D eigenvalue weighted by Crippen LogP contribution is 2.39. The number of ether oxygens (including phenoxy) is 2. The van der Waals surface area contributed by atoms with Gasteiger partial charge in [-0.2, -0.15) is 5.26 Å². The Hall–Kier alpha value is -2.97. The molecule has 1 aliphatic carbocycles. The molecule has 0 bridgehead atoms. The molecule has 0 spiro atoms. The highest BCUT2D eigenvalue weighted by Gasteiger charge is 2.20. The average Bonchev–Trinajstić information content (AvgIpc) is 2.87. The van der Waals surface area contributed by atoms with Gasteiger partial charge in [0.25, 0.3) is 0 Å². The van der Waals surface area contributed by atoms with E-state index in [-0.39, 0.29) is 0 Å². The van der Waals surface area contributed by atoms with Crippen molar-refractivity contribution < 1.29 is 9.47 Å². The number of aromatic nitrogens is 1. The number of aryl methyl sites for hydroxylation is 1. The van der Waals surface area contributed by atoms with Crippen LogP contribution >= 0.6 is 11.8 Å². The van der Waals surface area contributed by atoms with Gasteiger partial charge in [0, 0.05) is 16.9 Å². The fraction of sp³-hybridized carbons (Fsp3) is 0.357. The molecule has 2 aromatic carbocycles. The highest BCUT2D eigenvalue weighted by molar-refractivity contribution is 7.99. The van der Waals surface area contributed by atoms with Gasteiger partial charge in [0.05, 0.1) is 25.5 Å². The lowest BCUT2D eigenvalue weighted by atomic mass is 9.91. The van der Waals surface area contributed by atoms with E-state index in [1.54, 1.807) is 26.0 Å². The summed E-state index contributed by atoms with van der Waals surface area (Å²) < 4.78 is 10.9. The Bertz CT molecular complexity index is 1150. The second kappa shape index (κ2) is 10.8. The van der Waals surface area contributed by atoms with Gasteiger partial charge >= 0.3 is 0 Å². The van der Waals surface area contributed by atoms with Crippen molar-refractivity contribution in [1.29, 1.82) is 5.26 Å². The lowest BCUT2D eigenvalue weighted by Crippen LogP contribution is -2.09. The van der Waals surface area contributed by atoms with Crippen LogP contribution in [0.25, 0.3) is 22.4 Å². The molecule has 5 heteroatoms. The van der Waals surface area contributed by atoms with E-state index in [0.29, 0.717) is 23.0 Å². The summed E-state index contributed by atoms with van der Waals surface area (Å²) in [4.78, 5) is 4.97. The Balaban J connectivity index is 1.80. The van der Waals surface area contributed by atoms with Crippen molar-refractivity contribution in [3.63, 3.8) is 0 Å². The number of hydrogen-bond donors (Lipinski definition) is 0. The summed E-state index contributed by atoms with van der Waals surface area (Å²) in [5.74, 6) is 3.01. The molecular weight excluding hydrogens is 428 g/mol. The van der Waals surface area contributed by atoms with Crippen LogP contribution in [0, 0.1) is 24.2 Å². The van der Waals surface area contributed by atoms with E-state index in [9.17, 15) is 5.26 Å². The predicted octanol–water partition coefficient (Wildman–Crippen LogP) is 7.29. The quantitative estimate of drug-likeness (QED) is 0.348. The Morgan fingerprint density at radius 3 is 2.30 bits per heavy atom. The minimum atomic E-state index is 0.624. The first-order valence-corrected chi connectivity index (χ1v) is 12.5. The molecule has 0 amide bonds. The number of methoxy groups -OCH3 is 2. The molecule has 1 heterocycles. The number of thioether (sulfide) groups is 1. The largest absolute Gasteiger partial charge is 0.493 e. The number of nitrogens with zero attached hydrogens (tertiary/aromatic N) is 2. The van der Waals surface area contributed by atoms with Gasteiger partial charge in [-0.3, -0.25) is 0 Å². The van der Waals surface area contributed by atoms with Gasteiger partial charge in [0.1, 0.15) is 11.1 Å². The lowest BCUT2D eigenvalue weighted by Gasteiger charge is -2.21. The van der Waals surface area contributed by atoms with Crippen LogP contribution in [0.1, 0.15) is 43.2 Å². The van der Waals surface area contributed by atoms with Gasteiger partial charge in [-0.05, 0) is 49.4 Å². The molecule has 0 radical (unpaired) electrons. The van der Waals surface area contributed by atoms with Crippen LogP contribution in [0.5, 0.6) is 11.5 Å². The SMILES string of the molecule is COc1ccc(-c2cc(-c3ccc(C)cc3)nc(SCC3CCCCC3)c2C#N)cc1OC. The van der Waals surface area contributed by atoms with Crippen molar-refractivity contribution >= 4 is 11.8 Å². The molecule has 0 N–H and O–H groups in total. The minimum absolute atomic E-state index is 0.624. The molecule has 1 aromatic heterocycles. The zero-order chi connectivity index (χ0) is 23.2. The van der Waals surface area contributed by atoms with E-state index in [1.807, 2.05) is 24.3 Å². The molecule has 0 aliphatic heterocycles. The van der Waals surface area contributed by atoms with Gasteiger partial charge in [-0.25, -0.2) is 4.98 Å². The smallest absolute Gasteiger partial charge is 0.161 e. The third-order valence-corrected chi connectivity index (χ3v) is 7.53. The number of nitriles is 1. The van der Waals surface area contributed by atoms with E-state index >= 15 is 0 Å². The average molecular weight is 459 g/mol. The van der Waals surface area contributed by atoms with Gasteiger partial charge < -0.3 is 9.47 Å². The van der Waals surface area contributed by atoms with Crippen LogP contribution in [0.3, 0.4) is 0 Å². The Labute approximate surface area is 201 Å². The molecule has 4 rings (SSSR count). The Morgan fingerprint density at radius 1 is 0.939 bits per heavy atom. The third-order valence-electron chi connectivity index (χ3n) is 6.32. The summed E-state index contributed by atoms with van der Waals surface area (Å²) in [5.41, 5.74) is 5.55. The minimum Gasteiger partial charge on any atom is -0.493 e. The molecular formula is C28H30N2O2S. The van der Waals surface area contributed by atoms with Gasteiger partial charge in [0.2, 0.25) is 0 Å². The third kappa shape index (κ3) is 5.34. The van der Waals surface area contributed by atoms with Gasteiger partial charge in [-0.15, -0.1) is 11.8 Å². The van der Waals surface area contributed by atoms with E-state index in [2.05, 4.69) is 37.3 Å². The Kier molecular flexibility index (Phi) is 7.57. The van der Waals surface area contributed by atoms with Crippen molar-refractivity contribution in [2.24, 2.45) is 5.92 Å². The van der Waals surface area contributed by atoms with Crippen LogP contribution in [0.4, 0.5) is 0 Å². The molecule has 0 atom stereocenters. The number of hydrogen-bond acceptors (Lipinski definition) is 5. The van der Waals surface area contributed by atoms with Crippen molar-refractivity contribution in [2.75, 3.05) is 20.0 Å². The van der Waals surface area contributed by atoms with Crippen molar-refractivity contribution in [2.45, 2.75) is 44.1 Å². The van der Waals surface area contributed by atoms with E-state index in [0.717, 1.165) is 33.2 Å². The molecule has 4 nitrogen and oxygen atoms in total. The molecule has 33 heavy (non-hydrogen) atoms. The van der Waals surface area contributed by atoms with E-state index in [4.69, 9.17) is 14.5 Å². The molecule has 0 unspecified atom stereocenters. The summed E-state index contributed by atoms with van der Waals surface area (Å²) in [6.45, 7) is 2.08. The first kappa shape index (κ1) is 23.2. The summed E-state index contributed by atoms with van der Waals surface area (Å²) in [6, 6.07) is 18.7. The Morgan fingerprint density at radius 2 is 1.64 bits per heavy atom. The van der Waals surface area contributed by atoms with E-state index in [1.165, 1.54) is 37.7 Å². The monoisotopic (exact) mass is 458 g/mol. The topological polar surface area (TPSA) is 55.1 Å². The maximum Gasteiger partial charge on any atom is 0.161 e. The van der Waals surface area contributed by atoms with Crippen LogP contribution in [-0.4, -0.2) is 25.0 Å². The zero-order valence-corrected chi connectivity index (χ0v) is 20.4. The van der Waals surface area contributed by atoms with Crippen molar-refractivity contribution in [3.05, 3.63) is 59.7 Å². The van der Waals surface area contributed by atoms with Crippen LogP contribution in [0.15, 0.2) is 53.6 Å². The first-order valence-electron chi connectivity index (χ1n) is 11.5. The maximum atomic E-state index is 10.2. The number of benzene rings is 2. The predicted molar refractivity (Wildman–Crippen MR) is 135 cm³/mol. The van der Waals surface area contributed by atoms with Crippen LogP contribution in [-0.2, 0) is 0 Å². The molecule has 170 valence electrons. The first-order chi connectivity index (χ1) is 16.1.